The first kappa shape index (κ1) is 15.3. The minimum absolute atomic E-state index is 0.266. The van der Waals surface area contributed by atoms with Crippen LogP contribution in [0, 0.1) is 6.92 Å². The lowest BCUT2D eigenvalue weighted by Gasteiger charge is -2.09. The number of benzene rings is 1. The molecule has 124 valence electrons. The highest BCUT2D eigenvalue weighted by molar-refractivity contribution is 7.22. The fourth-order valence-electron chi connectivity index (χ4n) is 2.32. The van der Waals surface area contributed by atoms with Gasteiger partial charge in [-0.3, -0.25) is 4.98 Å². The Morgan fingerprint density at radius 2 is 2.08 bits per heavy atom. The van der Waals surface area contributed by atoms with Crippen molar-refractivity contribution >= 4 is 38.2 Å². The first-order valence-electron chi connectivity index (χ1n) is 7.52. The Labute approximate surface area is 147 Å². The molecule has 0 amide bonds. The van der Waals surface area contributed by atoms with Gasteiger partial charge >= 0.3 is 0 Å². The van der Waals surface area contributed by atoms with Gasteiger partial charge in [-0.25, -0.2) is 9.97 Å². The molecule has 0 aliphatic carbocycles. The summed E-state index contributed by atoms with van der Waals surface area (Å²) in [6, 6.07) is 9.63. The third-order valence-electron chi connectivity index (χ3n) is 3.54. The Bertz CT molecular complexity index is 1030. The summed E-state index contributed by atoms with van der Waals surface area (Å²) in [5.74, 6) is 1.27. The van der Waals surface area contributed by atoms with Crippen LogP contribution in [-0.4, -0.2) is 19.9 Å². The number of para-hydroxylation sites is 1. The van der Waals surface area contributed by atoms with Crippen LogP contribution in [0.25, 0.3) is 10.2 Å². The van der Waals surface area contributed by atoms with Crippen LogP contribution < -0.4 is 15.8 Å². The third kappa shape index (κ3) is 3.07. The van der Waals surface area contributed by atoms with Gasteiger partial charge < -0.3 is 15.8 Å². The number of fused-ring (bicyclic) bond motifs is 1. The van der Waals surface area contributed by atoms with E-state index in [0.717, 1.165) is 15.8 Å². The highest BCUT2D eigenvalue weighted by Gasteiger charge is 2.13. The second-order valence-electron chi connectivity index (χ2n) is 5.30. The van der Waals surface area contributed by atoms with Gasteiger partial charge in [0.2, 0.25) is 5.88 Å². The zero-order chi connectivity index (χ0) is 17.2. The van der Waals surface area contributed by atoms with Gasteiger partial charge in [0.05, 0.1) is 16.4 Å². The van der Waals surface area contributed by atoms with E-state index in [2.05, 4.69) is 25.3 Å². The fourth-order valence-corrected chi connectivity index (χ4v) is 3.26. The Hall–Kier alpha value is -3.26. The quantitative estimate of drug-likeness (QED) is 0.575. The predicted octanol–water partition coefficient (Wildman–Crippen LogP) is 3.91. The molecule has 3 N–H and O–H groups in total. The van der Waals surface area contributed by atoms with Crippen LogP contribution in [0.4, 0.5) is 16.6 Å². The van der Waals surface area contributed by atoms with E-state index in [1.165, 1.54) is 17.7 Å². The molecule has 0 bridgehead atoms. The molecule has 0 aliphatic rings. The minimum atomic E-state index is 0.266. The number of pyridine rings is 1. The molecule has 0 unspecified atom stereocenters. The van der Waals surface area contributed by atoms with E-state index in [-0.39, 0.29) is 5.88 Å². The fraction of sp³-hybridized carbons (Fsp3) is 0.0588. The van der Waals surface area contributed by atoms with Gasteiger partial charge in [0.25, 0.3) is 0 Å². The highest BCUT2D eigenvalue weighted by atomic mass is 32.1. The summed E-state index contributed by atoms with van der Waals surface area (Å²) in [6.45, 7) is 2.03. The lowest BCUT2D eigenvalue weighted by molar-refractivity contribution is 0.462. The van der Waals surface area contributed by atoms with E-state index in [9.17, 15) is 0 Å². The Kier molecular flexibility index (Phi) is 3.87. The SMILES string of the molecule is Cc1cccc2sc(Nc3ncnc(Oc4cccnc4)c3N)nc12. The standard InChI is InChI=1S/C17H14N6OS/c1-10-4-2-6-12-14(10)22-17(25-12)23-15-13(18)16(21-9-20-15)24-11-5-3-7-19-8-11/h2-9H,18H2,1H3,(H,20,21,22,23). The van der Waals surface area contributed by atoms with Crippen LogP contribution in [0.2, 0.25) is 0 Å². The summed E-state index contributed by atoms with van der Waals surface area (Å²) in [5, 5.41) is 3.86. The van der Waals surface area contributed by atoms with Crippen LogP contribution in [-0.2, 0) is 0 Å². The van der Waals surface area contributed by atoms with Gasteiger partial charge in [-0.15, -0.1) is 0 Å². The third-order valence-corrected chi connectivity index (χ3v) is 4.48. The Balaban J connectivity index is 1.64. The number of hydrogen-bond acceptors (Lipinski definition) is 8. The largest absolute Gasteiger partial charge is 0.435 e. The van der Waals surface area contributed by atoms with E-state index in [1.54, 1.807) is 24.5 Å². The zero-order valence-electron chi connectivity index (χ0n) is 13.3. The molecule has 0 saturated heterocycles. The van der Waals surface area contributed by atoms with E-state index < -0.39 is 0 Å². The number of nitrogens with two attached hydrogens (primary N) is 1. The minimum Gasteiger partial charge on any atom is -0.435 e. The molecule has 4 aromatic rings. The number of anilines is 3. The van der Waals surface area contributed by atoms with Crippen molar-refractivity contribution in [1.82, 2.24) is 19.9 Å². The first-order chi connectivity index (χ1) is 12.2. The van der Waals surface area contributed by atoms with Gasteiger partial charge in [0.1, 0.15) is 17.8 Å². The van der Waals surface area contributed by atoms with Crippen LogP contribution >= 0.6 is 11.3 Å². The maximum Gasteiger partial charge on any atom is 0.248 e. The van der Waals surface area contributed by atoms with E-state index in [4.69, 9.17) is 10.5 Å². The molecule has 3 heterocycles. The number of aryl methyl sites for hydroxylation is 1. The highest BCUT2D eigenvalue weighted by Crippen LogP contribution is 2.34. The van der Waals surface area contributed by atoms with Gasteiger partial charge in [-0.1, -0.05) is 23.5 Å². The van der Waals surface area contributed by atoms with E-state index in [0.29, 0.717) is 22.4 Å². The number of nitrogens with zero attached hydrogens (tertiary/aromatic N) is 4. The second kappa shape index (κ2) is 6.33. The summed E-state index contributed by atoms with van der Waals surface area (Å²) >= 11 is 1.54. The van der Waals surface area contributed by atoms with Gasteiger partial charge in [0, 0.05) is 6.20 Å². The number of thiazole rings is 1. The normalized spacial score (nSPS) is 10.8. The Morgan fingerprint density at radius 1 is 1.16 bits per heavy atom. The smallest absolute Gasteiger partial charge is 0.248 e. The average molecular weight is 350 g/mol. The van der Waals surface area contributed by atoms with Crippen molar-refractivity contribution in [1.29, 1.82) is 0 Å². The van der Waals surface area contributed by atoms with Crippen molar-refractivity contribution in [2.45, 2.75) is 6.92 Å². The van der Waals surface area contributed by atoms with Crippen LogP contribution in [0.5, 0.6) is 11.6 Å². The van der Waals surface area contributed by atoms with E-state index in [1.807, 2.05) is 25.1 Å². The molecule has 7 nitrogen and oxygen atoms in total. The van der Waals surface area contributed by atoms with E-state index >= 15 is 0 Å². The number of nitrogen functional groups attached to an aromatic ring is 1. The molecule has 1 aromatic carbocycles. The molecule has 3 aromatic heterocycles. The number of rotatable bonds is 4. The summed E-state index contributed by atoms with van der Waals surface area (Å²) in [5.41, 5.74) is 8.55. The number of hydrogen-bond donors (Lipinski definition) is 2. The molecule has 4 rings (SSSR count). The monoisotopic (exact) mass is 350 g/mol. The lowest BCUT2D eigenvalue weighted by atomic mass is 10.2. The average Bonchev–Trinajstić information content (AvgIpc) is 3.03. The number of aromatic nitrogens is 4. The van der Waals surface area contributed by atoms with Crippen molar-refractivity contribution in [3.8, 4) is 11.6 Å². The first-order valence-corrected chi connectivity index (χ1v) is 8.34. The molecule has 0 fully saturated rings. The Morgan fingerprint density at radius 3 is 2.88 bits per heavy atom. The summed E-state index contributed by atoms with van der Waals surface area (Å²) < 4.78 is 6.77. The number of nitrogens with one attached hydrogen (secondary N) is 1. The molecule has 0 aliphatic heterocycles. The molecule has 0 saturated carbocycles. The summed E-state index contributed by atoms with van der Waals surface area (Å²) in [7, 11) is 0. The molecular weight excluding hydrogens is 336 g/mol. The lowest BCUT2D eigenvalue weighted by Crippen LogP contribution is -2.03. The van der Waals surface area contributed by atoms with Crippen molar-refractivity contribution < 1.29 is 4.74 Å². The second-order valence-corrected chi connectivity index (χ2v) is 6.33. The molecule has 8 heteroatoms. The van der Waals surface area contributed by atoms with Gasteiger partial charge in [-0.05, 0) is 30.7 Å². The topological polar surface area (TPSA) is 98.8 Å². The summed E-state index contributed by atoms with van der Waals surface area (Å²) in [6.07, 6.45) is 4.65. The van der Waals surface area contributed by atoms with Crippen molar-refractivity contribution in [3.63, 3.8) is 0 Å². The molecule has 0 spiro atoms. The maximum absolute atomic E-state index is 6.15. The number of ether oxygens (including phenoxy) is 1. The van der Waals surface area contributed by atoms with Crippen molar-refractivity contribution in [2.75, 3.05) is 11.1 Å². The zero-order valence-corrected chi connectivity index (χ0v) is 14.1. The molecule has 0 radical (unpaired) electrons. The van der Waals surface area contributed by atoms with Crippen molar-refractivity contribution in [3.05, 3.63) is 54.6 Å². The maximum atomic E-state index is 6.15. The van der Waals surface area contributed by atoms with Crippen LogP contribution in [0.3, 0.4) is 0 Å². The van der Waals surface area contributed by atoms with Crippen LogP contribution in [0.15, 0.2) is 49.1 Å². The van der Waals surface area contributed by atoms with Gasteiger partial charge in [-0.2, -0.15) is 4.98 Å². The summed E-state index contributed by atoms with van der Waals surface area (Å²) in [4.78, 5) is 16.9. The van der Waals surface area contributed by atoms with Crippen LogP contribution in [0.1, 0.15) is 5.56 Å². The molecular formula is C17H14N6OS. The van der Waals surface area contributed by atoms with Gasteiger partial charge in [0.15, 0.2) is 10.9 Å². The molecule has 25 heavy (non-hydrogen) atoms. The predicted molar refractivity (Wildman–Crippen MR) is 98.4 cm³/mol. The molecule has 0 atom stereocenters. The van der Waals surface area contributed by atoms with Crippen molar-refractivity contribution in [2.24, 2.45) is 0 Å².